The highest BCUT2D eigenvalue weighted by Gasteiger charge is 2.33. The third-order valence-corrected chi connectivity index (χ3v) is 6.31. The maximum Gasteiger partial charge on any atom is 0.318 e. The van der Waals surface area contributed by atoms with Crippen LogP contribution in [0.5, 0.6) is 0 Å². The number of hydrogen-bond donors (Lipinski definition) is 2. The summed E-state index contributed by atoms with van der Waals surface area (Å²) in [6.45, 7) is 5.03. The molecule has 0 bridgehead atoms. The summed E-state index contributed by atoms with van der Waals surface area (Å²) >= 11 is 6.59. The van der Waals surface area contributed by atoms with Gasteiger partial charge in [-0.3, -0.25) is 4.79 Å². The molecule has 1 saturated heterocycles. The van der Waals surface area contributed by atoms with Crippen molar-refractivity contribution >= 4 is 23.5 Å². The minimum absolute atomic E-state index is 0.0296. The molecule has 2 aliphatic heterocycles. The second-order valence-electron chi connectivity index (χ2n) is 8.31. The zero-order chi connectivity index (χ0) is 22.3. The van der Waals surface area contributed by atoms with Crippen molar-refractivity contribution < 1.29 is 18.7 Å². The predicted molar refractivity (Wildman–Crippen MR) is 115 cm³/mol. The SMILES string of the molecule is C[C@@H]1CC(NC(=O)N2CCn3c(Cl)c(-c4cccc(F)c4)c(C(N)=O)c3C2)C[C@H](C)O1. The molecule has 0 radical (unpaired) electrons. The van der Waals surface area contributed by atoms with E-state index in [9.17, 15) is 14.0 Å². The average Bonchev–Trinajstić information content (AvgIpc) is 2.99. The summed E-state index contributed by atoms with van der Waals surface area (Å²) in [6, 6.07) is 5.71. The molecule has 1 unspecified atom stereocenters. The average molecular weight is 449 g/mol. The van der Waals surface area contributed by atoms with Gasteiger partial charge >= 0.3 is 6.03 Å². The van der Waals surface area contributed by atoms with Crippen molar-refractivity contribution in [2.24, 2.45) is 5.73 Å². The molecule has 0 saturated carbocycles. The number of rotatable bonds is 3. The van der Waals surface area contributed by atoms with Crippen LogP contribution in [0.1, 0.15) is 42.7 Å². The van der Waals surface area contributed by atoms with E-state index < -0.39 is 11.7 Å². The molecule has 166 valence electrons. The Hall–Kier alpha value is -2.58. The van der Waals surface area contributed by atoms with Gasteiger partial charge in [-0.05, 0) is 44.4 Å². The van der Waals surface area contributed by atoms with Gasteiger partial charge in [-0.25, -0.2) is 9.18 Å². The largest absolute Gasteiger partial charge is 0.375 e. The number of carbonyl (C=O) groups is 2. The number of fused-ring (bicyclic) bond motifs is 1. The van der Waals surface area contributed by atoms with Crippen LogP contribution in [0.3, 0.4) is 0 Å². The van der Waals surface area contributed by atoms with E-state index in [1.165, 1.54) is 12.1 Å². The van der Waals surface area contributed by atoms with Crippen LogP contribution in [0.15, 0.2) is 24.3 Å². The number of hydrogen-bond acceptors (Lipinski definition) is 3. The molecule has 3 N–H and O–H groups in total. The van der Waals surface area contributed by atoms with Gasteiger partial charge in [-0.1, -0.05) is 23.7 Å². The van der Waals surface area contributed by atoms with Crippen molar-refractivity contribution in [2.45, 2.75) is 58.0 Å². The number of halogens is 2. The molecule has 3 heterocycles. The minimum Gasteiger partial charge on any atom is -0.375 e. The topological polar surface area (TPSA) is 89.6 Å². The van der Waals surface area contributed by atoms with E-state index >= 15 is 0 Å². The van der Waals surface area contributed by atoms with Crippen molar-refractivity contribution in [1.82, 2.24) is 14.8 Å². The number of carbonyl (C=O) groups excluding carboxylic acids is 2. The van der Waals surface area contributed by atoms with E-state index in [-0.39, 0.29) is 36.4 Å². The van der Waals surface area contributed by atoms with E-state index in [2.05, 4.69) is 5.32 Å². The van der Waals surface area contributed by atoms with Crippen LogP contribution in [0.25, 0.3) is 11.1 Å². The summed E-state index contributed by atoms with van der Waals surface area (Å²) in [5.41, 5.74) is 7.35. The molecule has 7 nitrogen and oxygen atoms in total. The number of nitrogens with zero attached hydrogens (tertiary/aromatic N) is 2. The van der Waals surface area contributed by atoms with Crippen LogP contribution in [0, 0.1) is 5.82 Å². The van der Waals surface area contributed by atoms with E-state index in [1.807, 2.05) is 13.8 Å². The van der Waals surface area contributed by atoms with Gasteiger partial charge in [0, 0.05) is 24.7 Å². The number of amides is 3. The smallest absolute Gasteiger partial charge is 0.318 e. The Morgan fingerprint density at radius 3 is 2.58 bits per heavy atom. The molecule has 2 aromatic rings. The highest BCUT2D eigenvalue weighted by molar-refractivity contribution is 6.33. The maximum atomic E-state index is 13.8. The van der Waals surface area contributed by atoms with Crippen molar-refractivity contribution in [2.75, 3.05) is 6.54 Å². The van der Waals surface area contributed by atoms with Crippen LogP contribution < -0.4 is 11.1 Å². The highest BCUT2D eigenvalue weighted by atomic mass is 35.5. The molecule has 0 spiro atoms. The van der Waals surface area contributed by atoms with Gasteiger partial charge in [0.05, 0.1) is 30.0 Å². The minimum atomic E-state index is -0.663. The molecular weight excluding hydrogens is 423 g/mol. The van der Waals surface area contributed by atoms with E-state index in [4.69, 9.17) is 22.1 Å². The van der Waals surface area contributed by atoms with Gasteiger partial charge in [0.15, 0.2) is 0 Å². The lowest BCUT2D eigenvalue weighted by atomic mass is 10.00. The molecule has 0 aliphatic carbocycles. The van der Waals surface area contributed by atoms with Crippen LogP contribution in [-0.2, 0) is 17.8 Å². The summed E-state index contributed by atoms with van der Waals surface area (Å²) in [5.74, 6) is -1.10. The fraction of sp³-hybridized carbons (Fsp3) is 0.455. The monoisotopic (exact) mass is 448 g/mol. The molecule has 1 fully saturated rings. The number of aromatic nitrogens is 1. The van der Waals surface area contributed by atoms with Gasteiger partial charge in [-0.15, -0.1) is 0 Å². The number of benzene rings is 1. The quantitative estimate of drug-likeness (QED) is 0.752. The van der Waals surface area contributed by atoms with Crippen LogP contribution in [0.4, 0.5) is 9.18 Å². The summed E-state index contributed by atoms with van der Waals surface area (Å²) in [5, 5.41) is 3.41. The molecule has 1 aromatic heterocycles. The lowest BCUT2D eigenvalue weighted by Gasteiger charge is -2.35. The van der Waals surface area contributed by atoms with Gasteiger partial charge in [-0.2, -0.15) is 0 Å². The van der Waals surface area contributed by atoms with Crippen molar-refractivity contribution in [3.8, 4) is 11.1 Å². The third-order valence-electron chi connectivity index (χ3n) is 5.91. The molecule has 9 heteroatoms. The zero-order valence-electron chi connectivity index (χ0n) is 17.5. The molecule has 1 aromatic carbocycles. The van der Waals surface area contributed by atoms with Gasteiger partial charge in [0.2, 0.25) is 0 Å². The molecule has 2 aliphatic rings. The fourth-order valence-electron chi connectivity index (χ4n) is 4.65. The van der Waals surface area contributed by atoms with Crippen molar-refractivity contribution in [1.29, 1.82) is 0 Å². The molecule has 3 atom stereocenters. The standard InChI is InChI=1S/C22H26ClFN4O3/c1-12-8-16(9-13(2)31-12)26-22(30)27-6-7-28-17(11-27)19(21(25)29)18(20(28)23)14-4-3-5-15(24)10-14/h3-5,10,12-13,16H,6-9,11H2,1-2H3,(H2,25,29)(H,26,30)/t12-,13+,16?. The first-order valence-corrected chi connectivity index (χ1v) is 10.8. The van der Waals surface area contributed by atoms with Gasteiger partial charge < -0.3 is 25.3 Å². The van der Waals surface area contributed by atoms with E-state index in [0.29, 0.717) is 35.1 Å². The molecule has 4 rings (SSSR count). The second kappa shape index (κ2) is 8.51. The van der Waals surface area contributed by atoms with Crippen molar-refractivity contribution in [3.63, 3.8) is 0 Å². The first-order valence-electron chi connectivity index (χ1n) is 10.4. The first-order chi connectivity index (χ1) is 14.7. The van der Waals surface area contributed by atoms with Crippen LogP contribution in [-0.4, -0.2) is 46.2 Å². The van der Waals surface area contributed by atoms with Crippen molar-refractivity contribution in [3.05, 3.63) is 46.5 Å². The normalized spacial score (nSPS) is 23.4. The highest BCUT2D eigenvalue weighted by Crippen LogP contribution is 2.38. The van der Waals surface area contributed by atoms with Gasteiger partial charge in [0.1, 0.15) is 11.0 Å². The Labute approximate surface area is 185 Å². The Morgan fingerprint density at radius 2 is 1.94 bits per heavy atom. The summed E-state index contributed by atoms with van der Waals surface area (Å²) < 4.78 is 21.3. The maximum absolute atomic E-state index is 13.8. The number of ether oxygens (including phenoxy) is 1. The van der Waals surface area contributed by atoms with Crippen LogP contribution in [0.2, 0.25) is 5.15 Å². The number of primary amides is 1. The molecular formula is C22H26ClFN4O3. The Kier molecular flexibility index (Phi) is 5.94. The zero-order valence-corrected chi connectivity index (χ0v) is 18.3. The summed E-state index contributed by atoms with van der Waals surface area (Å²) in [6.07, 6.45) is 1.67. The summed E-state index contributed by atoms with van der Waals surface area (Å²) in [4.78, 5) is 26.9. The third kappa shape index (κ3) is 4.27. The van der Waals surface area contributed by atoms with Gasteiger partial charge in [0.25, 0.3) is 5.91 Å². The van der Waals surface area contributed by atoms with E-state index in [1.54, 1.807) is 21.6 Å². The fourth-order valence-corrected chi connectivity index (χ4v) is 5.04. The number of nitrogens with one attached hydrogen (secondary N) is 1. The molecule has 3 amide bonds. The molecule has 31 heavy (non-hydrogen) atoms. The Balaban J connectivity index is 1.61. The first kappa shape index (κ1) is 21.6. The predicted octanol–water partition coefficient (Wildman–Crippen LogP) is 3.53. The Bertz CT molecular complexity index is 1010. The summed E-state index contributed by atoms with van der Waals surface area (Å²) in [7, 11) is 0. The van der Waals surface area contributed by atoms with Crippen LogP contribution >= 0.6 is 11.6 Å². The number of nitrogens with two attached hydrogens (primary N) is 1. The lowest BCUT2D eigenvalue weighted by Crippen LogP contribution is -2.50. The van der Waals surface area contributed by atoms with E-state index in [0.717, 1.165) is 12.8 Å². The lowest BCUT2D eigenvalue weighted by molar-refractivity contribution is -0.0408. The Morgan fingerprint density at radius 1 is 1.23 bits per heavy atom. The second-order valence-corrected chi connectivity index (χ2v) is 8.67. The number of urea groups is 1.